The van der Waals surface area contributed by atoms with Crippen LogP contribution < -0.4 is 10.6 Å². The van der Waals surface area contributed by atoms with Gasteiger partial charge in [-0.1, -0.05) is 29.3 Å². The van der Waals surface area contributed by atoms with Crippen LogP contribution in [0, 0.1) is 6.92 Å². The minimum absolute atomic E-state index is 0. The summed E-state index contributed by atoms with van der Waals surface area (Å²) >= 11 is 13.9. The van der Waals surface area contributed by atoms with Crippen LogP contribution in [-0.4, -0.2) is 48.6 Å². The number of thiazole rings is 1. The molecule has 160 valence electrons. The molecule has 1 fully saturated rings. The number of piperidine rings is 1. The van der Waals surface area contributed by atoms with Crippen LogP contribution in [0.25, 0.3) is 0 Å². The van der Waals surface area contributed by atoms with E-state index in [1.54, 1.807) is 11.3 Å². The lowest BCUT2D eigenvalue weighted by Gasteiger charge is -2.33. The number of rotatable bonds is 6. The fourth-order valence-electron chi connectivity index (χ4n) is 3.32. The zero-order chi connectivity index (χ0) is 19.9. The van der Waals surface area contributed by atoms with Crippen LogP contribution in [0.4, 0.5) is 0 Å². The number of guanidine groups is 1. The van der Waals surface area contributed by atoms with E-state index >= 15 is 0 Å². The Morgan fingerprint density at radius 2 is 2.03 bits per heavy atom. The minimum Gasteiger partial charge on any atom is -0.356 e. The molecule has 5 nitrogen and oxygen atoms in total. The highest BCUT2D eigenvalue weighted by Crippen LogP contribution is 2.24. The number of hydrogen-bond acceptors (Lipinski definition) is 4. The highest BCUT2D eigenvalue weighted by molar-refractivity contribution is 14.0. The first-order chi connectivity index (χ1) is 13.5. The molecule has 1 aromatic heterocycles. The van der Waals surface area contributed by atoms with E-state index in [1.165, 1.54) is 10.4 Å². The van der Waals surface area contributed by atoms with Gasteiger partial charge < -0.3 is 10.6 Å². The van der Waals surface area contributed by atoms with Crippen molar-refractivity contribution in [2.75, 3.05) is 26.7 Å². The zero-order valence-electron chi connectivity index (χ0n) is 16.8. The smallest absolute Gasteiger partial charge is 0.191 e. The maximum Gasteiger partial charge on any atom is 0.191 e. The van der Waals surface area contributed by atoms with Crippen molar-refractivity contribution >= 4 is 64.5 Å². The largest absolute Gasteiger partial charge is 0.356 e. The predicted octanol–water partition coefficient (Wildman–Crippen LogP) is 4.75. The Kier molecular flexibility index (Phi) is 10.5. The van der Waals surface area contributed by atoms with E-state index in [-0.39, 0.29) is 24.0 Å². The SMILES string of the molecule is CN=C(NCCc1ncc(C)s1)NC1CCN(Cc2ccc(Cl)c(Cl)c2)CC1.I. The lowest BCUT2D eigenvalue weighted by Crippen LogP contribution is -2.48. The van der Waals surface area contributed by atoms with Crippen molar-refractivity contribution in [3.8, 4) is 0 Å². The van der Waals surface area contributed by atoms with E-state index in [2.05, 4.69) is 32.4 Å². The number of nitrogens with one attached hydrogen (secondary N) is 2. The Labute approximate surface area is 204 Å². The molecule has 9 heteroatoms. The maximum atomic E-state index is 6.13. The van der Waals surface area contributed by atoms with E-state index in [9.17, 15) is 0 Å². The molecule has 0 saturated carbocycles. The molecule has 0 radical (unpaired) electrons. The molecule has 0 amide bonds. The molecule has 2 aromatic rings. The van der Waals surface area contributed by atoms with Gasteiger partial charge in [-0.15, -0.1) is 35.3 Å². The third-order valence-corrected chi connectivity index (χ3v) is 6.55. The summed E-state index contributed by atoms with van der Waals surface area (Å²) in [6.07, 6.45) is 5.03. The van der Waals surface area contributed by atoms with Crippen molar-refractivity contribution in [1.29, 1.82) is 0 Å². The molecule has 2 N–H and O–H groups in total. The summed E-state index contributed by atoms with van der Waals surface area (Å²) in [5.41, 5.74) is 1.20. The number of nitrogens with zero attached hydrogens (tertiary/aromatic N) is 3. The quantitative estimate of drug-likeness (QED) is 0.300. The van der Waals surface area contributed by atoms with Gasteiger partial charge in [-0.25, -0.2) is 4.98 Å². The third-order valence-electron chi connectivity index (χ3n) is 4.84. The van der Waals surface area contributed by atoms with Gasteiger partial charge in [-0.3, -0.25) is 9.89 Å². The van der Waals surface area contributed by atoms with Crippen LogP contribution in [-0.2, 0) is 13.0 Å². The third kappa shape index (κ3) is 7.86. The van der Waals surface area contributed by atoms with Gasteiger partial charge in [0.25, 0.3) is 0 Å². The van der Waals surface area contributed by atoms with Crippen LogP contribution in [0.1, 0.15) is 28.3 Å². The van der Waals surface area contributed by atoms with Crippen molar-refractivity contribution in [2.45, 2.75) is 38.8 Å². The Bertz CT molecular complexity index is 806. The maximum absolute atomic E-state index is 6.13. The lowest BCUT2D eigenvalue weighted by atomic mass is 10.0. The summed E-state index contributed by atoms with van der Waals surface area (Å²) in [5.74, 6) is 0.871. The zero-order valence-corrected chi connectivity index (χ0v) is 21.4. The number of hydrogen-bond donors (Lipinski definition) is 2. The number of aryl methyl sites for hydroxylation is 1. The number of aromatic nitrogens is 1. The van der Waals surface area contributed by atoms with Gasteiger partial charge >= 0.3 is 0 Å². The summed E-state index contributed by atoms with van der Waals surface area (Å²) in [7, 11) is 1.82. The van der Waals surface area contributed by atoms with Crippen molar-refractivity contribution < 1.29 is 0 Å². The second-order valence-electron chi connectivity index (χ2n) is 7.06. The summed E-state index contributed by atoms with van der Waals surface area (Å²) in [6.45, 7) is 5.93. The molecule has 3 rings (SSSR count). The predicted molar refractivity (Wildman–Crippen MR) is 135 cm³/mol. The van der Waals surface area contributed by atoms with E-state index in [4.69, 9.17) is 23.2 Å². The number of likely N-dealkylation sites (tertiary alicyclic amines) is 1. The van der Waals surface area contributed by atoms with E-state index in [0.29, 0.717) is 16.1 Å². The van der Waals surface area contributed by atoms with Gasteiger partial charge in [0.2, 0.25) is 0 Å². The van der Waals surface area contributed by atoms with Gasteiger partial charge in [0.1, 0.15) is 0 Å². The molecular formula is C20H28Cl2IN5S. The number of benzene rings is 1. The highest BCUT2D eigenvalue weighted by Gasteiger charge is 2.20. The van der Waals surface area contributed by atoms with E-state index < -0.39 is 0 Å². The average Bonchev–Trinajstić information content (AvgIpc) is 3.10. The normalized spacial score (nSPS) is 15.8. The number of halogens is 3. The first kappa shape index (κ1) is 24.7. The molecule has 0 unspecified atom stereocenters. The van der Waals surface area contributed by atoms with E-state index in [0.717, 1.165) is 56.4 Å². The Balaban J connectivity index is 0.00000300. The van der Waals surface area contributed by atoms with Gasteiger partial charge in [0.05, 0.1) is 15.1 Å². The van der Waals surface area contributed by atoms with Gasteiger partial charge in [-0.2, -0.15) is 0 Å². The second-order valence-corrected chi connectivity index (χ2v) is 9.19. The first-order valence-corrected chi connectivity index (χ1v) is 11.2. The lowest BCUT2D eigenvalue weighted by molar-refractivity contribution is 0.198. The molecular weight excluding hydrogens is 540 g/mol. The van der Waals surface area contributed by atoms with Crippen molar-refractivity contribution in [1.82, 2.24) is 20.5 Å². The summed E-state index contributed by atoms with van der Waals surface area (Å²) < 4.78 is 0. The van der Waals surface area contributed by atoms with Crippen molar-refractivity contribution in [3.63, 3.8) is 0 Å². The van der Waals surface area contributed by atoms with Crippen molar-refractivity contribution in [2.24, 2.45) is 4.99 Å². The molecule has 0 aliphatic carbocycles. The molecule has 2 heterocycles. The van der Waals surface area contributed by atoms with Crippen LogP contribution in [0.15, 0.2) is 29.4 Å². The van der Waals surface area contributed by atoms with Gasteiger partial charge in [0.15, 0.2) is 5.96 Å². The van der Waals surface area contributed by atoms with Crippen LogP contribution in [0.5, 0.6) is 0 Å². The van der Waals surface area contributed by atoms with E-state index in [1.807, 2.05) is 31.4 Å². The Morgan fingerprint density at radius 1 is 1.28 bits per heavy atom. The summed E-state index contributed by atoms with van der Waals surface area (Å²) in [4.78, 5) is 12.5. The molecule has 0 bridgehead atoms. The van der Waals surface area contributed by atoms with Gasteiger partial charge in [0, 0.05) is 56.8 Å². The fraction of sp³-hybridized carbons (Fsp3) is 0.500. The summed E-state index contributed by atoms with van der Waals surface area (Å²) in [5, 5.41) is 9.35. The summed E-state index contributed by atoms with van der Waals surface area (Å²) in [6, 6.07) is 6.33. The fourth-order valence-corrected chi connectivity index (χ4v) is 4.43. The highest BCUT2D eigenvalue weighted by atomic mass is 127. The van der Waals surface area contributed by atoms with Crippen molar-refractivity contribution in [3.05, 3.63) is 49.9 Å². The standard InChI is InChI=1S/C20H27Cl2N5S.HI/c1-14-12-25-19(28-14)5-8-24-20(23-2)26-16-6-9-27(10-7-16)13-15-3-4-17(21)18(22)11-15;/h3-4,11-12,16H,5-10,13H2,1-2H3,(H2,23,24,26);1H. The Hall–Kier alpha value is -0.610. The molecule has 1 aliphatic rings. The van der Waals surface area contributed by atoms with Crippen LogP contribution in [0.3, 0.4) is 0 Å². The first-order valence-electron chi connectivity index (χ1n) is 9.58. The molecule has 1 saturated heterocycles. The monoisotopic (exact) mass is 567 g/mol. The molecule has 1 aliphatic heterocycles. The average molecular weight is 568 g/mol. The minimum atomic E-state index is 0. The van der Waals surface area contributed by atoms with Crippen LogP contribution in [0.2, 0.25) is 10.0 Å². The molecule has 0 spiro atoms. The molecule has 0 atom stereocenters. The topological polar surface area (TPSA) is 52.6 Å². The molecule has 29 heavy (non-hydrogen) atoms. The molecule has 1 aromatic carbocycles. The van der Waals surface area contributed by atoms with Gasteiger partial charge in [-0.05, 0) is 37.5 Å². The Morgan fingerprint density at radius 3 is 2.66 bits per heavy atom. The van der Waals surface area contributed by atoms with Crippen LogP contribution >= 0.6 is 58.5 Å². The second kappa shape index (κ2) is 12.3. The number of aliphatic imine (C=N–C) groups is 1.